The summed E-state index contributed by atoms with van der Waals surface area (Å²) in [4.78, 5) is 12.8. The lowest BCUT2D eigenvalue weighted by atomic mass is 9.95. The first-order valence-electron chi connectivity index (χ1n) is 7.98. The number of nitrogens with zero attached hydrogens (tertiary/aromatic N) is 1. The van der Waals surface area contributed by atoms with E-state index in [0.29, 0.717) is 5.92 Å². The lowest BCUT2D eigenvalue weighted by Gasteiger charge is -2.22. The van der Waals surface area contributed by atoms with Gasteiger partial charge in [0.1, 0.15) is 0 Å². The van der Waals surface area contributed by atoms with Crippen molar-refractivity contribution in [2.24, 2.45) is 13.0 Å². The smallest absolute Gasteiger partial charge is 0.253 e. The van der Waals surface area contributed by atoms with Crippen molar-refractivity contribution in [1.82, 2.24) is 9.88 Å². The average molecular weight is 306 g/mol. The number of carbonyl (C=O) groups excluding carboxylic acids is 1. The molecule has 3 nitrogen and oxygen atoms in total. The fourth-order valence-electron chi connectivity index (χ4n) is 3.04. The Morgan fingerprint density at radius 3 is 2.35 bits per heavy atom. The Labute approximate surface area is 136 Å². The second-order valence-electron chi connectivity index (χ2n) is 6.28. The van der Waals surface area contributed by atoms with E-state index >= 15 is 0 Å². The van der Waals surface area contributed by atoms with Crippen molar-refractivity contribution in [1.29, 1.82) is 0 Å². The molecule has 0 spiro atoms. The van der Waals surface area contributed by atoms with E-state index < -0.39 is 0 Å². The number of para-hydroxylation sites is 1. The summed E-state index contributed by atoms with van der Waals surface area (Å²) >= 11 is 0. The molecule has 0 fully saturated rings. The number of benzene rings is 2. The molecule has 3 heteroatoms. The number of carbonyl (C=O) groups is 1. The minimum Gasteiger partial charge on any atom is -0.350 e. The lowest BCUT2D eigenvalue weighted by Crippen LogP contribution is -2.31. The SMILES string of the molecule is CC(C)C(NC(=O)c1cn(C)c2ccccc12)c1ccccc1. The minimum absolute atomic E-state index is 0.00247. The molecular weight excluding hydrogens is 284 g/mol. The third kappa shape index (κ3) is 3.00. The van der Waals surface area contributed by atoms with Crippen LogP contribution < -0.4 is 5.32 Å². The van der Waals surface area contributed by atoms with E-state index in [4.69, 9.17) is 0 Å². The molecule has 1 heterocycles. The summed E-state index contributed by atoms with van der Waals surface area (Å²) in [7, 11) is 1.97. The molecule has 0 radical (unpaired) electrons. The third-order valence-corrected chi connectivity index (χ3v) is 4.25. The highest BCUT2D eigenvalue weighted by molar-refractivity contribution is 6.07. The van der Waals surface area contributed by atoms with Crippen LogP contribution >= 0.6 is 0 Å². The molecule has 3 aromatic rings. The quantitative estimate of drug-likeness (QED) is 0.766. The first-order valence-corrected chi connectivity index (χ1v) is 7.98. The van der Waals surface area contributed by atoms with Crippen LogP contribution in [0.5, 0.6) is 0 Å². The van der Waals surface area contributed by atoms with Gasteiger partial charge in [-0.2, -0.15) is 0 Å². The highest BCUT2D eigenvalue weighted by Crippen LogP contribution is 2.24. The molecule has 0 aliphatic rings. The minimum atomic E-state index is -0.0237. The van der Waals surface area contributed by atoms with Crippen LogP contribution in [0.15, 0.2) is 60.8 Å². The van der Waals surface area contributed by atoms with Crippen molar-refractivity contribution in [3.05, 3.63) is 71.9 Å². The maximum atomic E-state index is 12.8. The van der Waals surface area contributed by atoms with E-state index in [-0.39, 0.29) is 11.9 Å². The summed E-state index contributed by atoms with van der Waals surface area (Å²) in [6.45, 7) is 4.25. The van der Waals surface area contributed by atoms with Crippen LogP contribution in [-0.2, 0) is 7.05 Å². The monoisotopic (exact) mass is 306 g/mol. The van der Waals surface area contributed by atoms with Crippen molar-refractivity contribution < 1.29 is 4.79 Å². The summed E-state index contributed by atoms with van der Waals surface area (Å²) in [5.74, 6) is 0.292. The van der Waals surface area contributed by atoms with E-state index in [1.165, 1.54) is 0 Å². The highest BCUT2D eigenvalue weighted by atomic mass is 16.1. The number of aromatic nitrogens is 1. The summed E-state index contributed by atoms with van der Waals surface area (Å²) in [6.07, 6.45) is 1.91. The van der Waals surface area contributed by atoms with Gasteiger partial charge in [-0.15, -0.1) is 0 Å². The number of amides is 1. The lowest BCUT2D eigenvalue weighted by molar-refractivity contribution is 0.0927. The first-order chi connectivity index (χ1) is 11.1. The predicted octanol–water partition coefficient (Wildman–Crippen LogP) is 4.31. The number of hydrogen-bond donors (Lipinski definition) is 1. The molecule has 0 bridgehead atoms. The van der Waals surface area contributed by atoms with Crippen LogP contribution in [0.25, 0.3) is 10.9 Å². The Morgan fingerprint density at radius 2 is 1.65 bits per heavy atom. The molecular formula is C20H22N2O. The molecule has 1 atom stereocenters. The maximum Gasteiger partial charge on any atom is 0.253 e. The van der Waals surface area contributed by atoms with Gasteiger partial charge < -0.3 is 9.88 Å². The van der Waals surface area contributed by atoms with Crippen LogP contribution in [0.3, 0.4) is 0 Å². The largest absolute Gasteiger partial charge is 0.350 e. The molecule has 118 valence electrons. The van der Waals surface area contributed by atoms with Crippen LogP contribution in [0, 0.1) is 5.92 Å². The van der Waals surface area contributed by atoms with Gasteiger partial charge in [-0.3, -0.25) is 4.79 Å². The fourth-order valence-corrected chi connectivity index (χ4v) is 3.04. The summed E-state index contributed by atoms with van der Waals surface area (Å²) in [6, 6.07) is 18.1. The summed E-state index contributed by atoms with van der Waals surface area (Å²) < 4.78 is 2.00. The normalized spacial score (nSPS) is 12.5. The van der Waals surface area contributed by atoms with Crippen LogP contribution in [0.4, 0.5) is 0 Å². The Hall–Kier alpha value is -2.55. The molecule has 23 heavy (non-hydrogen) atoms. The molecule has 0 saturated heterocycles. The van der Waals surface area contributed by atoms with Gasteiger partial charge in [0.05, 0.1) is 11.6 Å². The van der Waals surface area contributed by atoms with E-state index in [9.17, 15) is 4.79 Å². The Balaban J connectivity index is 1.93. The van der Waals surface area contributed by atoms with Gasteiger partial charge in [-0.05, 0) is 17.5 Å². The molecule has 1 unspecified atom stereocenters. The number of hydrogen-bond acceptors (Lipinski definition) is 1. The van der Waals surface area contributed by atoms with Crippen molar-refractivity contribution >= 4 is 16.8 Å². The molecule has 1 aromatic heterocycles. The van der Waals surface area contributed by atoms with Crippen molar-refractivity contribution in [3.8, 4) is 0 Å². The number of fused-ring (bicyclic) bond motifs is 1. The van der Waals surface area contributed by atoms with Gasteiger partial charge in [-0.25, -0.2) is 0 Å². The van der Waals surface area contributed by atoms with E-state index in [2.05, 4.69) is 31.3 Å². The first kappa shape index (κ1) is 15.3. The summed E-state index contributed by atoms with van der Waals surface area (Å²) in [5.41, 5.74) is 2.93. The molecule has 3 rings (SSSR count). The topological polar surface area (TPSA) is 34.0 Å². The number of rotatable bonds is 4. The predicted molar refractivity (Wildman–Crippen MR) is 94.4 cm³/mol. The highest BCUT2D eigenvalue weighted by Gasteiger charge is 2.21. The molecule has 1 amide bonds. The van der Waals surface area contributed by atoms with Crippen LogP contribution in [0.2, 0.25) is 0 Å². The zero-order chi connectivity index (χ0) is 16.4. The Kier molecular flexibility index (Phi) is 4.20. The van der Waals surface area contributed by atoms with Gasteiger partial charge in [0.15, 0.2) is 0 Å². The van der Waals surface area contributed by atoms with E-state index in [1.807, 2.05) is 60.3 Å². The number of aryl methyl sites for hydroxylation is 1. The van der Waals surface area contributed by atoms with E-state index in [1.54, 1.807) is 0 Å². The van der Waals surface area contributed by atoms with Gasteiger partial charge in [-0.1, -0.05) is 62.4 Å². The maximum absolute atomic E-state index is 12.8. The summed E-state index contributed by atoms with van der Waals surface area (Å²) in [5, 5.41) is 4.19. The van der Waals surface area contributed by atoms with Crippen molar-refractivity contribution in [2.75, 3.05) is 0 Å². The second-order valence-corrected chi connectivity index (χ2v) is 6.28. The molecule has 0 saturated carbocycles. The Bertz CT molecular complexity index is 818. The zero-order valence-electron chi connectivity index (χ0n) is 13.8. The molecule has 2 aromatic carbocycles. The van der Waals surface area contributed by atoms with E-state index in [0.717, 1.165) is 22.0 Å². The molecule has 0 aliphatic heterocycles. The van der Waals surface area contributed by atoms with Gasteiger partial charge in [0.25, 0.3) is 5.91 Å². The second kappa shape index (κ2) is 6.29. The van der Waals surface area contributed by atoms with Crippen LogP contribution in [0.1, 0.15) is 35.8 Å². The third-order valence-electron chi connectivity index (χ3n) is 4.25. The average Bonchev–Trinajstić information content (AvgIpc) is 2.90. The van der Waals surface area contributed by atoms with Gasteiger partial charge >= 0.3 is 0 Å². The standard InChI is InChI=1S/C20H22N2O/c1-14(2)19(15-9-5-4-6-10-15)21-20(23)17-13-22(3)18-12-8-7-11-16(17)18/h4-14,19H,1-3H3,(H,21,23). The molecule has 0 aliphatic carbocycles. The fraction of sp³-hybridized carbons (Fsp3) is 0.250. The van der Waals surface area contributed by atoms with Gasteiger partial charge in [0, 0.05) is 24.1 Å². The Morgan fingerprint density at radius 1 is 1.00 bits per heavy atom. The van der Waals surface area contributed by atoms with Crippen molar-refractivity contribution in [3.63, 3.8) is 0 Å². The van der Waals surface area contributed by atoms with Crippen LogP contribution in [-0.4, -0.2) is 10.5 Å². The van der Waals surface area contributed by atoms with Gasteiger partial charge in [0.2, 0.25) is 0 Å². The molecule has 1 N–H and O–H groups in total. The van der Waals surface area contributed by atoms with Crippen molar-refractivity contribution in [2.45, 2.75) is 19.9 Å². The number of nitrogens with one attached hydrogen (secondary N) is 1. The zero-order valence-corrected chi connectivity index (χ0v) is 13.8.